The Hall–Kier alpha value is -2.66. The maximum atomic E-state index is 12.6. The van der Waals surface area contributed by atoms with E-state index in [0.29, 0.717) is 25.3 Å². The molecule has 0 aliphatic carbocycles. The molecule has 0 radical (unpaired) electrons. The number of carboxylic acid groups (broad SMARTS) is 1. The molecular weight excluding hydrogens is 316 g/mol. The number of nitrogens with zero attached hydrogens (tertiary/aromatic N) is 1. The van der Waals surface area contributed by atoms with Gasteiger partial charge in [-0.05, 0) is 24.6 Å². The lowest BCUT2D eigenvalue weighted by Crippen LogP contribution is -2.32. The molecule has 0 bridgehead atoms. The molecule has 0 unspecified atom stereocenters. The molecule has 5 nitrogen and oxygen atoms in total. The normalized spacial score (nSPS) is 20.4. The van der Waals surface area contributed by atoms with E-state index in [2.05, 4.69) is 5.32 Å². The van der Waals surface area contributed by atoms with E-state index in [0.717, 1.165) is 11.1 Å². The first-order valence-electron chi connectivity index (χ1n) is 8.39. The summed E-state index contributed by atoms with van der Waals surface area (Å²) in [6.45, 7) is 3.46. The van der Waals surface area contributed by atoms with Crippen LogP contribution in [0, 0.1) is 18.8 Å². The summed E-state index contributed by atoms with van der Waals surface area (Å²) in [7, 11) is 0. The predicted octanol–water partition coefficient (Wildman–Crippen LogP) is 2.77. The molecule has 3 rings (SSSR count). The maximum absolute atomic E-state index is 12.6. The molecule has 130 valence electrons. The van der Waals surface area contributed by atoms with Gasteiger partial charge in [0.05, 0.1) is 11.8 Å². The molecule has 1 aliphatic rings. The highest BCUT2D eigenvalue weighted by Crippen LogP contribution is 2.27. The number of hydrogen-bond acceptors (Lipinski definition) is 3. The number of nitrogens with one attached hydrogen (secondary N) is 1. The first kappa shape index (κ1) is 17.2. The average Bonchev–Trinajstić information content (AvgIpc) is 3.02. The van der Waals surface area contributed by atoms with Gasteiger partial charge in [0.25, 0.3) is 0 Å². The minimum Gasteiger partial charge on any atom is -0.481 e. The van der Waals surface area contributed by atoms with Gasteiger partial charge >= 0.3 is 5.97 Å². The van der Waals surface area contributed by atoms with Crippen LogP contribution in [0.3, 0.4) is 0 Å². The third-order valence-corrected chi connectivity index (χ3v) is 4.62. The van der Waals surface area contributed by atoms with Gasteiger partial charge in [0.2, 0.25) is 5.91 Å². The molecule has 2 N–H and O–H groups in total. The topological polar surface area (TPSA) is 69.6 Å². The molecule has 1 heterocycles. The van der Waals surface area contributed by atoms with Crippen LogP contribution in [0.25, 0.3) is 0 Å². The number of benzene rings is 2. The Morgan fingerprint density at radius 2 is 1.68 bits per heavy atom. The molecule has 2 aromatic rings. The van der Waals surface area contributed by atoms with Crippen molar-refractivity contribution in [2.75, 3.05) is 18.4 Å². The van der Waals surface area contributed by atoms with E-state index >= 15 is 0 Å². The number of amides is 1. The van der Waals surface area contributed by atoms with E-state index in [1.54, 1.807) is 0 Å². The van der Waals surface area contributed by atoms with Crippen molar-refractivity contribution in [3.05, 3.63) is 65.7 Å². The largest absolute Gasteiger partial charge is 0.481 e. The molecule has 5 heteroatoms. The van der Waals surface area contributed by atoms with Gasteiger partial charge in [-0.1, -0.05) is 48.0 Å². The molecule has 2 aromatic carbocycles. The van der Waals surface area contributed by atoms with Crippen LogP contribution in [-0.4, -0.2) is 35.0 Å². The number of aliphatic carboxylic acids is 1. The monoisotopic (exact) mass is 338 g/mol. The summed E-state index contributed by atoms with van der Waals surface area (Å²) < 4.78 is 0. The van der Waals surface area contributed by atoms with Crippen molar-refractivity contribution in [3.63, 3.8) is 0 Å². The molecule has 0 aromatic heterocycles. The molecule has 25 heavy (non-hydrogen) atoms. The van der Waals surface area contributed by atoms with E-state index in [1.165, 1.54) is 0 Å². The molecule has 0 spiro atoms. The van der Waals surface area contributed by atoms with Crippen molar-refractivity contribution in [3.8, 4) is 0 Å². The minimum atomic E-state index is -0.917. The standard InChI is InChI=1S/C20H22N2O3/c1-14-7-9-16(10-8-14)21-19(23)17-12-22(13-18(17)20(24)25)11-15-5-3-2-4-6-15/h2-10,17-18H,11-13H2,1H3,(H,21,23)(H,24,25)/t17-,18+/m0/s1. The Balaban J connectivity index is 1.68. The van der Waals surface area contributed by atoms with Gasteiger partial charge in [0, 0.05) is 25.3 Å². The summed E-state index contributed by atoms with van der Waals surface area (Å²) in [5, 5.41) is 12.4. The fraction of sp³-hybridized carbons (Fsp3) is 0.300. The van der Waals surface area contributed by atoms with Gasteiger partial charge in [0.1, 0.15) is 0 Å². The number of carbonyl (C=O) groups is 2. The highest BCUT2D eigenvalue weighted by molar-refractivity contribution is 5.95. The number of carbonyl (C=O) groups excluding carboxylic acids is 1. The van der Waals surface area contributed by atoms with Crippen molar-refractivity contribution in [2.45, 2.75) is 13.5 Å². The summed E-state index contributed by atoms with van der Waals surface area (Å²) in [5.41, 5.74) is 2.92. The fourth-order valence-electron chi connectivity index (χ4n) is 3.24. The smallest absolute Gasteiger partial charge is 0.308 e. The molecule has 0 saturated carbocycles. The van der Waals surface area contributed by atoms with Gasteiger partial charge < -0.3 is 10.4 Å². The van der Waals surface area contributed by atoms with Crippen LogP contribution >= 0.6 is 0 Å². The zero-order chi connectivity index (χ0) is 17.8. The minimum absolute atomic E-state index is 0.230. The Morgan fingerprint density at radius 3 is 2.32 bits per heavy atom. The Kier molecular flexibility index (Phi) is 5.14. The predicted molar refractivity (Wildman–Crippen MR) is 96.1 cm³/mol. The van der Waals surface area contributed by atoms with Crippen LogP contribution in [0.5, 0.6) is 0 Å². The summed E-state index contributed by atoms with van der Waals surface area (Å²) in [6, 6.07) is 17.4. The molecule has 1 aliphatic heterocycles. The Morgan fingerprint density at radius 1 is 1.04 bits per heavy atom. The van der Waals surface area contributed by atoms with E-state index in [4.69, 9.17) is 0 Å². The summed E-state index contributed by atoms with van der Waals surface area (Å²) >= 11 is 0. The van der Waals surface area contributed by atoms with Crippen molar-refractivity contribution >= 4 is 17.6 Å². The highest BCUT2D eigenvalue weighted by Gasteiger charge is 2.41. The molecule has 2 atom stereocenters. The number of hydrogen-bond donors (Lipinski definition) is 2. The number of carboxylic acids is 1. The van der Waals surface area contributed by atoms with Crippen LogP contribution in [0.15, 0.2) is 54.6 Å². The summed E-state index contributed by atoms with van der Waals surface area (Å²) in [4.78, 5) is 26.3. The fourth-order valence-corrected chi connectivity index (χ4v) is 3.24. The second kappa shape index (κ2) is 7.49. The second-order valence-electron chi connectivity index (χ2n) is 6.59. The average molecular weight is 338 g/mol. The maximum Gasteiger partial charge on any atom is 0.308 e. The van der Waals surface area contributed by atoms with Crippen LogP contribution in [-0.2, 0) is 16.1 Å². The SMILES string of the molecule is Cc1ccc(NC(=O)[C@H]2CN(Cc3ccccc3)C[C@H]2C(=O)O)cc1. The number of anilines is 1. The third-order valence-electron chi connectivity index (χ3n) is 4.62. The van der Waals surface area contributed by atoms with Gasteiger partial charge in [-0.3, -0.25) is 14.5 Å². The summed E-state index contributed by atoms with van der Waals surface area (Å²) in [5.74, 6) is -2.39. The number of likely N-dealkylation sites (tertiary alicyclic amines) is 1. The quantitative estimate of drug-likeness (QED) is 0.879. The van der Waals surface area contributed by atoms with Crippen LogP contribution in [0.1, 0.15) is 11.1 Å². The van der Waals surface area contributed by atoms with Crippen molar-refractivity contribution in [1.29, 1.82) is 0 Å². The highest BCUT2D eigenvalue weighted by atomic mass is 16.4. The number of rotatable bonds is 5. The molecule has 1 saturated heterocycles. The van der Waals surface area contributed by atoms with E-state index in [-0.39, 0.29) is 5.91 Å². The summed E-state index contributed by atoms with van der Waals surface area (Å²) in [6.07, 6.45) is 0. The lowest BCUT2D eigenvalue weighted by molar-refractivity contribution is -0.144. The molecular formula is C20H22N2O3. The zero-order valence-corrected chi connectivity index (χ0v) is 14.2. The van der Waals surface area contributed by atoms with Gasteiger partial charge in [0.15, 0.2) is 0 Å². The van der Waals surface area contributed by atoms with E-state index in [9.17, 15) is 14.7 Å². The first-order valence-corrected chi connectivity index (χ1v) is 8.39. The first-order chi connectivity index (χ1) is 12.0. The van der Waals surface area contributed by atoms with Gasteiger partial charge in [-0.25, -0.2) is 0 Å². The molecule has 1 fully saturated rings. The van der Waals surface area contributed by atoms with Gasteiger partial charge in [-0.15, -0.1) is 0 Å². The number of aryl methyl sites for hydroxylation is 1. The Bertz CT molecular complexity index is 743. The lowest BCUT2D eigenvalue weighted by Gasteiger charge is -2.16. The molecule has 1 amide bonds. The Labute approximate surface area is 147 Å². The van der Waals surface area contributed by atoms with Gasteiger partial charge in [-0.2, -0.15) is 0 Å². The zero-order valence-electron chi connectivity index (χ0n) is 14.2. The second-order valence-corrected chi connectivity index (χ2v) is 6.59. The van der Waals surface area contributed by atoms with Crippen molar-refractivity contribution in [1.82, 2.24) is 4.90 Å². The third kappa shape index (κ3) is 4.25. The van der Waals surface area contributed by atoms with Crippen molar-refractivity contribution < 1.29 is 14.7 Å². The van der Waals surface area contributed by atoms with Crippen molar-refractivity contribution in [2.24, 2.45) is 11.8 Å². The van der Waals surface area contributed by atoms with E-state index < -0.39 is 17.8 Å². The van der Waals surface area contributed by atoms with Crippen LogP contribution in [0.2, 0.25) is 0 Å². The van der Waals surface area contributed by atoms with E-state index in [1.807, 2.05) is 66.4 Å². The van der Waals surface area contributed by atoms with Crippen LogP contribution in [0.4, 0.5) is 5.69 Å². The lowest BCUT2D eigenvalue weighted by atomic mass is 9.95. The van der Waals surface area contributed by atoms with Crippen LogP contribution < -0.4 is 5.32 Å².